The number of hydrogen-bond acceptors (Lipinski definition) is 4. The Morgan fingerprint density at radius 1 is 1.03 bits per heavy atom. The van der Waals surface area contributed by atoms with Gasteiger partial charge in [0.15, 0.2) is 0 Å². The first-order valence-electron chi connectivity index (χ1n) is 10.1. The number of hydrogen-bond donors (Lipinski definition) is 1. The maximum atomic E-state index is 12.7. The second-order valence-electron chi connectivity index (χ2n) is 6.73. The zero-order valence-corrected chi connectivity index (χ0v) is 18.0. The summed E-state index contributed by atoms with van der Waals surface area (Å²) < 4.78 is 5.55. The van der Waals surface area contributed by atoms with E-state index >= 15 is 0 Å². The molecule has 0 bridgehead atoms. The number of ether oxygens (including phenoxy) is 1. The number of carbonyl (C=O) groups excluding carboxylic acids is 2. The molecule has 156 valence electrons. The Hall–Kier alpha value is -3.02. The molecule has 2 rings (SSSR count). The first-order chi connectivity index (χ1) is 13.9. The van der Waals surface area contributed by atoms with Gasteiger partial charge >= 0.3 is 0 Å². The lowest BCUT2D eigenvalue weighted by Crippen LogP contribution is -2.37. The molecule has 2 aromatic rings. The Morgan fingerprint density at radius 3 is 2.31 bits per heavy atom. The fourth-order valence-electron chi connectivity index (χ4n) is 3.28. The third-order valence-corrected chi connectivity index (χ3v) is 4.74. The zero-order valence-electron chi connectivity index (χ0n) is 18.0. The highest BCUT2D eigenvalue weighted by atomic mass is 16.5. The lowest BCUT2D eigenvalue weighted by Gasteiger charge is -2.26. The van der Waals surface area contributed by atoms with Crippen molar-refractivity contribution in [2.75, 3.05) is 41.4 Å². The van der Waals surface area contributed by atoms with Crippen LogP contribution in [0, 0.1) is 6.92 Å². The van der Waals surface area contributed by atoms with Crippen molar-refractivity contribution in [3.8, 4) is 5.75 Å². The van der Waals surface area contributed by atoms with Gasteiger partial charge < -0.3 is 19.9 Å². The zero-order chi connectivity index (χ0) is 21.4. The van der Waals surface area contributed by atoms with E-state index in [1.165, 1.54) is 11.8 Å². The maximum Gasteiger partial charge on any atom is 0.244 e. The second-order valence-corrected chi connectivity index (χ2v) is 6.73. The van der Waals surface area contributed by atoms with Crippen LogP contribution >= 0.6 is 0 Å². The van der Waals surface area contributed by atoms with Gasteiger partial charge in [0.25, 0.3) is 0 Å². The van der Waals surface area contributed by atoms with Crippen molar-refractivity contribution in [3.63, 3.8) is 0 Å². The number of nitrogens with one attached hydrogen (secondary N) is 1. The Labute approximate surface area is 173 Å². The SMILES string of the molecule is CCOc1ccccc1NC(=O)CN(C(C)=O)c1ccc(N(CC)CC)cc1C. The van der Waals surface area contributed by atoms with Crippen LogP contribution in [0.15, 0.2) is 42.5 Å². The molecule has 0 aromatic heterocycles. The topological polar surface area (TPSA) is 61.9 Å². The highest BCUT2D eigenvalue weighted by Crippen LogP contribution is 2.27. The summed E-state index contributed by atoms with van der Waals surface area (Å²) in [6, 6.07) is 13.2. The molecular formula is C23H31N3O3. The molecule has 0 aliphatic rings. The van der Waals surface area contributed by atoms with Crippen LogP contribution in [0.3, 0.4) is 0 Å². The van der Waals surface area contributed by atoms with Crippen molar-refractivity contribution in [3.05, 3.63) is 48.0 Å². The molecule has 0 heterocycles. The van der Waals surface area contributed by atoms with Crippen molar-refractivity contribution in [2.45, 2.75) is 34.6 Å². The standard InChI is InChI=1S/C23H31N3O3/c1-6-25(7-2)19-13-14-21(17(4)15-19)26(18(5)27)16-23(28)24-20-11-9-10-12-22(20)29-8-3/h9-15H,6-8,16H2,1-5H3,(H,24,28). The molecule has 0 saturated heterocycles. The number of anilines is 3. The summed E-state index contributed by atoms with van der Waals surface area (Å²) in [6.07, 6.45) is 0. The predicted octanol–water partition coefficient (Wildman–Crippen LogP) is 4.23. The molecule has 0 unspecified atom stereocenters. The molecule has 0 atom stereocenters. The Kier molecular flexibility index (Phi) is 8.07. The maximum absolute atomic E-state index is 12.7. The van der Waals surface area contributed by atoms with Crippen LogP contribution in [0.1, 0.15) is 33.3 Å². The minimum absolute atomic E-state index is 0.0682. The van der Waals surface area contributed by atoms with Crippen molar-refractivity contribution < 1.29 is 14.3 Å². The van der Waals surface area contributed by atoms with Crippen LogP contribution in [-0.4, -0.2) is 38.1 Å². The lowest BCUT2D eigenvalue weighted by molar-refractivity contribution is -0.120. The summed E-state index contributed by atoms with van der Waals surface area (Å²) >= 11 is 0. The molecule has 1 N–H and O–H groups in total. The average Bonchev–Trinajstić information content (AvgIpc) is 2.69. The molecule has 6 heteroatoms. The van der Waals surface area contributed by atoms with Crippen LogP contribution in [-0.2, 0) is 9.59 Å². The van der Waals surface area contributed by atoms with Crippen molar-refractivity contribution in [1.82, 2.24) is 0 Å². The van der Waals surface area contributed by atoms with Gasteiger partial charge in [-0.3, -0.25) is 9.59 Å². The number of aryl methyl sites for hydroxylation is 1. The van der Waals surface area contributed by atoms with Gasteiger partial charge in [-0.05, 0) is 63.6 Å². The predicted molar refractivity (Wildman–Crippen MR) is 119 cm³/mol. The largest absolute Gasteiger partial charge is 0.492 e. The normalized spacial score (nSPS) is 10.4. The monoisotopic (exact) mass is 397 g/mol. The molecule has 0 spiro atoms. The van der Waals surface area contributed by atoms with Crippen LogP contribution in [0.5, 0.6) is 5.75 Å². The van der Waals surface area contributed by atoms with Crippen LogP contribution < -0.4 is 19.9 Å². The minimum Gasteiger partial charge on any atom is -0.492 e. The molecule has 2 amide bonds. The molecule has 2 aromatic carbocycles. The number of rotatable bonds is 9. The molecule has 0 aliphatic heterocycles. The fourth-order valence-corrected chi connectivity index (χ4v) is 3.28. The van der Waals surface area contributed by atoms with E-state index in [2.05, 4.69) is 30.1 Å². The van der Waals surface area contributed by atoms with Crippen molar-refractivity contribution >= 4 is 28.9 Å². The lowest BCUT2D eigenvalue weighted by atomic mass is 10.1. The number of nitrogens with zero attached hydrogens (tertiary/aromatic N) is 2. The third kappa shape index (κ3) is 5.73. The van der Waals surface area contributed by atoms with E-state index in [1.807, 2.05) is 38.1 Å². The van der Waals surface area contributed by atoms with Gasteiger partial charge in [-0.2, -0.15) is 0 Å². The average molecular weight is 398 g/mol. The molecular weight excluding hydrogens is 366 g/mol. The van der Waals surface area contributed by atoms with Crippen molar-refractivity contribution in [1.29, 1.82) is 0 Å². The van der Waals surface area contributed by atoms with E-state index in [1.54, 1.807) is 12.1 Å². The first-order valence-corrected chi connectivity index (χ1v) is 10.1. The Balaban J connectivity index is 2.20. The number of benzene rings is 2. The van der Waals surface area contributed by atoms with Gasteiger partial charge in [-0.25, -0.2) is 0 Å². The van der Waals surface area contributed by atoms with Gasteiger partial charge in [0, 0.05) is 31.4 Å². The summed E-state index contributed by atoms with van der Waals surface area (Å²) in [7, 11) is 0. The number of amides is 2. The summed E-state index contributed by atoms with van der Waals surface area (Å²) in [5.41, 5.74) is 3.39. The number of para-hydroxylation sites is 2. The van der Waals surface area contributed by atoms with Crippen LogP contribution in [0.4, 0.5) is 17.1 Å². The van der Waals surface area contributed by atoms with Gasteiger partial charge in [0.2, 0.25) is 11.8 Å². The van der Waals surface area contributed by atoms with E-state index in [-0.39, 0.29) is 18.4 Å². The highest BCUT2D eigenvalue weighted by molar-refractivity contribution is 6.02. The van der Waals surface area contributed by atoms with E-state index in [9.17, 15) is 9.59 Å². The van der Waals surface area contributed by atoms with Crippen LogP contribution in [0.25, 0.3) is 0 Å². The molecule has 29 heavy (non-hydrogen) atoms. The van der Waals surface area contributed by atoms with Gasteiger partial charge in [-0.15, -0.1) is 0 Å². The van der Waals surface area contributed by atoms with Gasteiger partial charge in [-0.1, -0.05) is 12.1 Å². The highest BCUT2D eigenvalue weighted by Gasteiger charge is 2.19. The summed E-state index contributed by atoms with van der Waals surface area (Å²) in [4.78, 5) is 28.7. The summed E-state index contributed by atoms with van der Waals surface area (Å²) in [5.74, 6) is 0.147. The third-order valence-electron chi connectivity index (χ3n) is 4.74. The Morgan fingerprint density at radius 2 is 1.72 bits per heavy atom. The molecule has 0 fully saturated rings. The molecule has 6 nitrogen and oxygen atoms in total. The molecule has 0 aliphatic carbocycles. The second kappa shape index (κ2) is 10.5. The molecule has 0 saturated carbocycles. The van der Waals surface area contributed by atoms with E-state index < -0.39 is 0 Å². The number of carbonyl (C=O) groups is 2. The van der Waals surface area contributed by atoms with E-state index in [0.29, 0.717) is 18.0 Å². The van der Waals surface area contributed by atoms with E-state index in [0.717, 1.165) is 30.0 Å². The molecule has 0 radical (unpaired) electrons. The van der Waals surface area contributed by atoms with Crippen molar-refractivity contribution in [2.24, 2.45) is 0 Å². The van der Waals surface area contributed by atoms with E-state index in [4.69, 9.17) is 4.74 Å². The van der Waals surface area contributed by atoms with Crippen LogP contribution in [0.2, 0.25) is 0 Å². The van der Waals surface area contributed by atoms with Gasteiger partial charge in [0.1, 0.15) is 12.3 Å². The quantitative estimate of drug-likeness (QED) is 0.688. The Bertz CT molecular complexity index is 847. The minimum atomic E-state index is -0.278. The fraction of sp³-hybridized carbons (Fsp3) is 0.391. The summed E-state index contributed by atoms with van der Waals surface area (Å²) in [6.45, 7) is 11.8. The van der Waals surface area contributed by atoms with Gasteiger partial charge in [0.05, 0.1) is 12.3 Å². The summed E-state index contributed by atoms with van der Waals surface area (Å²) in [5, 5.41) is 2.85. The first kappa shape index (κ1) is 22.3. The smallest absolute Gasteiger partial charge is 0.244 e.